The van der Waals surface area contributed by atoms with Gasteiger partial charge in [-0.05, 0) is 37.0 Å². The van der Waals surface area contributed by atoms with Gasteiger partial charge in [0.1, 0.15) is 0 Å². The van der Waals surface area contributed by atoms with Crippen LogP contribution in [0.4, 0.5) is 0 Å². The number of aromatic nitrogens is 2. The number of nitrogens with zero attached hydrogens (tertiary/aromatic N) is 2. The van der Waals surface area contributed by atoms with E-state index in [1.807, 2.05) is 10.9 Å². The largest absolute Gasteiger partial charge is 0.356 e. The van der Waals surface area contributed by atoms with Gasteiger partial charge in [0, 0.05) is 18.5 Å². The summed E-state index contributed by atoms with van der Waals surface area (Å²) in [5.74, 6) is 0. The highest BCUT2D eigenvalue weighted by Gasteiger charge is 2.18. The molecule has 90 valence electrons. The third-order valence-electron chi connectivity index (χ3n) is 3.32. The predicted molar refractivity (Wildman–Crippen MR) is 66.5 cm³/mol. The van der Waals surface area contributed by atoms with E-state index in [4.69, 9.17) is 10.5 Å². The molecule has 1 atom stereocenters. The van der Waals surface area contributed by atoms with Gasteiger partial charge in [-0.3, -0.25) is 0 Å². The van der Waals surface area contributed by atoms with Crippen molar-refractivity contribution in [1.29, 1.82) is 0 Å². The molecule has 17 heavy (non-hydrogen) atoms. The fraction of sp³-hybridized carbons (Fsp3) is 0.462. The van der Waals surface area contributed by atoms with E-state index in [9.17, 15) is 0 Å². The first-order chi connectivity index (χ1) is 8.38. The summed E-state index contributed by atoms with van der Waals surface area (Å²) in [5.41, 5.74) is 7.91. The highest BCUT2D eigenvalue weighted by atomic mass is 16.5. The van der Waals surface area contributed by atoms with Crippen molar-refractivity contribution in [2.45, 2.75) is 32.0 Å². The second-order valence-corrected chi connectivity index (χ2v) is 4.51. The van der Waals surface area contributed by atoms with Crippen molar-refractivity contribution in [2.24, 2.45) is 5.73 Å². The first-order valence-corrected chi connectivity index (χ1v) is 6.16. The number of ether oxygens (including phenoxy) is 1. The Morgan fingerprint density at radius 3 is 3.12 bits per heavy atom. The third kappa shape index (κ3) is 1.94. The number of nitrogens with two attached hydrogens (primary N) is 1. The Hall–Kier alpha value is -1.39. The van der Waals surface area contributed by atoms with E-state index in [0.29, 0.717) is 6.54 Å². The topological polar surface area (TPSA) is 53.1 Å². The minimum atomic E-state index is 0.102. The quantitative estimate of drug-likeness (QED) is 0.862. The lowest BCUT2D eigenvalue weighted by Crippen LogP contribution is -2.18. The first kappa shape index (κ1) is 10.7. The minimum Gasteiger partial charge on any atom is -0.356 e. The summed E-state index contributed by atoms with van der Waals surface area (Å²) >= 11 is 0. The number of fused-ring (bicyclic) bond motifs is 1. The van der Waals surface area contributed by atoms with E-state index in [1.54, 1.807) is 0 Å². The van der Waals surface area contributed by atoms with Crippen LogP contribution in [-0.4, -0.2) is 16.4 Å². The van der Waals surface area contributed by atoms with Crippen LogP contribution in [-0.2, 0) is 11.3 Å². The number of hydrogen-bond donors (Lipinski definition) is 1. The van der Waals surface area contributed by atoms with Crippen LogP contribution in [0.5, 0.6) is 0 Å². The van der Waals surface area contributed by atoms with Crippen LogP contribution >= 0.6 is 0 Å². The highest BCUT2D eigenvalue weighted by Crippen LogP contribution is 2.26. The van der Waals surface area contributed by atoms with E-state index >= 15 is 0 Å². The molecular weight excluding hydrogens is 214 g/mol. The summed E-state index contributed by atoms with van der Waals surface area (Å²) in [6.07, 6.45) is 5.42. The molecule has 4 heteroatoms. The van der Waals surface area contributed by atoms with Gasteiger partial charge in [0.2, 0.25) is 0 Å². The van der Waals surface area contributed by atoms with Crippen molar-refractivity contribution < 1.29 is 4.74 Å². The average molecular weight is 231 g/mol. The van der Waals surface area contributed by atoms with Crippen LogP contribution in [0, 0.1) is 0 Å². The van der Waals surface area contributed by atoms with Gasteiger partial charge in [-0.2, -0.15) is 5.10 Å². The van der Waals surface area contributed by atoms with Gasteiger partial charge in [-0.1, -0.05) is 6.07 Å². The second-order valence-electron chi connectivity index (χ2n) is 4.51. The van der Waals surface area contributed by atoms with Crippen LogP contribution in [0.1, 0.15) is 31.1 Å². The molecule has 0 radical (unpaired) electrons. The highest BCUT2D eigenvalue weighted by molar-refractivity contribution is 5.79. The smallest absolute Gasteiger partial charge is 0.150 e. The maximum atomic E-state index is 5.76. The Morgan fingerprint density at radius 2 is 2.35 bits per heavy atom. The predicted octanol–water partition coefficient (Wildman–Crippen LogP) is 2.19. The first-order valence-electron chi connectivity index (χ1n) is 6.16. The summed E-state index contributed by atoms with van der Waals surface area (Å²) in [6, 6.07) is 6.24. The Kier molecular flexibility index (Phi) is 2.82. The van der Waals surface area contributed by atoms with Gasteiger partial charge >= 0.3 is 0 Å². The zero-order valence-corrected chi connectivity index (χ0v) is 9.80. The Bertz CT molecular complexity index is 514. The molecule has 3 rings (SSSR count). The fourth-order valence-electron chi connectivity index (χ4n) is 2.38. The molecule has 1 saturated heterocycles. The fourth-order valence-corrected chi connectivity index (χ4v) is 2.38. The van der Waals surface area contributed by atoms with E-state index in [-0.39, 0.29) is 6.23 Å². The summed E-state index contributed by atoms with van der Waals surface area (Å²) in [4.78, 5) is 0. The lowest BCUT2D eigenvalue weighted by atomic mass is 10.1. The van der Waals surface area contributed by atoms with Crippen molar-refractivity contribution in [3.8, 4) is 0 Å². The van der Waals surface area contributed by atoms with Crippen LogP contribution in [0.15, 0.2) is 24.4 Å². The molecule has 0 bridgehead atoms. The van der Waals surface area contributed by atoms with Crippen LogP contribution in [0.2, 0.25) is 0 Å². The van der Waals surface area contributed by atoms with Crippen LogP contribution in [0.3, 0.4) is 0 Å². The van der Waals surface area contributed by atoms with Gasteiger partial charge in [0.15, 0.2) is 6.23 Å². The number of hydrogen-bond acceptors (Lipinski definition) is 3. The Labute approximate surface area is 100 Å². The standard InChI is InChI=1S/C13H17N3O/c14-8-10-4-5-12-11(7-10)9-15-16(12)13-3-1-2-6-17-13/h4-5,7,9,13H,1-3,6,8,14H2. The maximum absolute atomic E-state index is 5.76. The molecule has 1 aliphatic rings. The average Bonchev–Trinajstić information content (AvgIpc) is 2.82. The van der Waals surface area contributed by atoms with E-state index in [2.05, 4.69) is 23.3 Å². The molecule has 1 aromatic heterocycles. The van der Waals surface area contributed by atoms with E-state index in [1.165, 1.54) is 6.42 Å². The number of rotatable bonds is 2. The normalized spacial score (nSPS) is 20.9. The molecule has 1 fully saturated rings. The lowest BCUT2D eigenvalue weighted by molar-refractivity contribution is -0.0366. The molecule has 0 saturated carbocycles. The van der Waals surface area contributed by atoms with Crippen LogP contribution < -0.4 is 5.73 Å². The molecule has 0 aliphatic carbocycles. The van der Waals surface area contributed by atoms with Crippen molar-refractivity contribution in [2.75, 3.05) is 6.61 Å². The van der Waals surface area contributed by atoms with Crippen molar-refractivity contribution in [3.63, 3.8) is 0 Å². The molecular formula is C13H17N3O. The zero-order chi connectivity index (χ0) is 11.7. The van der Waals surface area contributed by atoms with E-state index in [0.717, 1.165) is 35.9 Å². The van der Waals surface area contributed by atoms with Crippen molar-refractivity contribution in [1.82, 2.24) is 9.78 Å². The summed E-state index contributed by atoms with van der Waals surface area (Å²) in [7, 11) is 0. The Balaban J connectivity index is 1.99. The zero-order valence-electron chi connectivity index (χ0n) is 9.80. The van der Waals surface area contributed by atoms with Crippen molar-refractivity contribution >= 4 is 10.9 Å². The second kappa shape index (κ2) is 4.47. The Morgan fingerprint density at radius 1 is 1.41 bits per heavy atom. The molecule has 1 aromatic carbocycles. The van der Waals surface area contributed by atoms with Gasteiger partial charge in [-0.25, -0.2) is 4.68 Å². The van der Waals surface area contributed by atoms with Crippen LogP contribution in [0.25, 0.3) is 10.9 Å². The summed E-state index contributed by atoms with van der Waals surface area (Å²) < 4.78 is 7.76. The molecule has 2 N–H and O–H groups in total. The van der Waals surface area contributed by atoms with Gasteiger partial charge in [0.05, 0.1) is 11.7 Å². The molecule has 2 heterocycles. The number of benzene rings is 1. The molecule has 1 unspecified atom stereocenters. The molecule has 4 nitrogen and oxygen atoms in total. The third-order valence-corrected chi connectivity index (χ3v) is 3.32. The molecule has 0 spiro atoms. The lowest BCUT2D eigenvalue weighted by Gasteiger charge is -2.23. The van der Waals surface area contributed by atoms with E-state index < -0.39 is 0 Å². The maximum Gasteiger partial charge on any atom is 0.150 e. The van der Waals surface area contributed by atoms with Gasteiger partial charge in [-0.15, -0.1) is 0 Å². The molecule has 1 aliphatic heterocycles. The minimum absolute atomic E-state index is 0.102. The van der Waals surface area contributed by atoms with Gasteiger partial charge in [0.25, 0.3) is 0 Å². The monoisotopic (exact) mass is 231 g/mol. The van der Waals surface area contributed by atoms with Crippen molar-refractivity contribution in [3.05, 3.63) is 30.0 Å². The molecule has 0 amide bonds. The SMILES string of the molecule is NCc1ccc2c(cnn2C2CCCCO2)c1. The summed E-state index contributed by atoms with van der Waals surface area (Å²) in [6.45, 7) is 1.41. The summed E-state index contributed by atoms with van der Waals surface area (Å²) in [5, 5.41) is 5.59. The van der Waals surface area contributed by atoms with Gasteiger partial charge < -0.3 is 10.5 Å². The molecule has 2 aromatic rings.